The lowest BCUT2D eigenvalue weighted by molar-refractivity contribution is 0.102. The molecule has 146 valence electrons. The van der Waals surface area contributed by atoms with Gasteiger partial charge in [0.1, 0.15) is 6.26 Å². The SMILES string of the molecule is Cc1cc(-c2ncco2)ccc1NC(=O)c1ccc(NS(=O)(=O)C(C)C)cc1. The van der Waals surface area contributed by atoms with Gasteiger partial charge in [0.25, 0.3) is 5.91 Å². The number of nitrogens with one attached hydrogen (secondary N) is 2. The van der Waals surface area contributed by atoms with Crippen LogP contribution in [-0.4, -0.2) is 24.6 Å². The molecule has 2 aromatic carbocycles. The highest BCUT2D eigenvalue weighted by Gasteiger charge is 2.16. The Morgan fingerprint density at radius 2 is 1.82 bits per heavy atom. The number of aryl methyl sites for hydroxylation is 1. The normalized spacial score (nSPS) is 11.4. The molecule has 7 nitrogen and oxygen atoms in total. The van der Waals surface area contributed by atoms with Gasteiger partial charge in [-0.1, -0.05) is 0 Å². The third-order valence-electron chi connectivity index (χ3n) is 4.18. The number of nitrogens with zero attached hydrogens (tertiary/aromatic N) is 1. The van der Waals surface area contributed by atoms with Gasteiger partial charge in [-0.25, -0.2) is 13.4 Å². The molecule has 8 heteroatoms. The van der Waals surface area contributed by atoms with Crippen LogP contribution in [0.3, 0.4) is 0 Å². The molecule has 0 fully saturated rings. The molecule has 2 N–H and O–H groups in total. The number of carbonyl (C=O) groups is 1. The summed E-state index contributed by atoms with van der Waals surface area (Å²) in [6.07, 6.45) is 3.08. The summed E-state index contributed by atoms with van der Waals surface area (Å²) >= 11 is 0. The summed E-state index contributed by atoms with van der Waals surface area (Å²) in [6.45, 7) is 5.07. The number of benzene rings is 2. The Bertz CT molecular complexity index is 1070. The van der Waals surface area contributed by atoms with Crippen molar-refractivity contribution >= 4 is 27.3 Å². The second-order valence-electron chi connectivity index (χ2n) is 6.59. The third-order valence-corrected chi connectivity index (χ3v) is 5.94. The number of aromatic nitrogens is 1. The van der Waals surface area contributed by atoms with E-state index in [9.17, 15) is 13.2 Å². The van der Waals surface area contributed by atoms with Gasteiger partial charge in [-0.2, -0.15) is 0 Å². The van der Waals surface area contributed by atoms with Gasteiger partial charge in [0.15, 0.2) is 0 Å². The maximum absolute atomic E-state index is 12.5. The number of rotatable bonds is 6. The van der Waals surface area contributed by atoms with Crippen LogP contribution in [0.15, 0.2) is 59.3 Å². The molecule has 0 aliphatic carbocycles. The first kappa shape index (κ1) is 19.6. The van der Waals surface area contributed by atoms with Crippen LogP contribution >= 0.6 is 0 Å². The predicted octanol–water partition coefficient (Wildman–Crippen LogP) is 4.05. The van der Waals surface area contributed by atoms with Crippen molar-refractivity contribution in [3.05, 3.63) is 66.1 Å². The van der Waals surface area contributed by atoms with Gasteiger partial charge in [0.05, 0.1) is 11.4 Å². The fourth-order valence-electron chi connectivity index (χ4n) is 2.47. The van der Waals surface area contributed by atoms with Crippen molar-refractivity contribution in [2.75, 3.05) is 10.0 Å². The van der Waals surface area contributed by atoms with Crippen molar-refractivity contribution in [3.63, 3.8) is 0 Å². The van der Waals surface area contributed by atoms with Crippen LogP contribution in [0.2, 0.25) is 0 Å². The Morgan fingerprint density at radius 3 is 2.39 bits per heavy atom. The van der Waals surface area contributed by atoms with Crippen LogP contribution in [0, 0.1) is 6.92 Å². The molecule has 0 aliphatic heterocycles. The van der Waals surface area contributed by atoms with Crippen molar-refractivity contribution in [3.8, 4) is 11.5 Å². The van der Waals surface area contributed by atoms with Crippen molar-refractivity contribution in [1.82, 2.24) is 4.98 Å². The fourth-order valence-corrected chi connectivity index (χ4v) is 3.17. The van der Waals surface area contributed by atoms with Crippen LogP contribution in [0.1, 0.15) is 29.8 Å². The first-order valence-corrected chi connectivity index (χ1v) is 10.2. The molecule has 0 saturated heterocycles. The fraction of sp³-hybridized carbons (Fsp3) is 0.200. The zero-order chi connectivity index (χ0) is 20.3. The number of sulfonamides is 1. The molecule has 3 rings (SSSR count). The van der Waals surface area contributed by atoms with Gasteiger partial charge >= 0.3 is 0 Å². The standard InChI is InChI=1S/C20H21N3O4S/c1-13(2)28(25,26)23-17-7-4-15(5-8-17)19(24)22-18-9-6-16(12-14(18)3)20-21-10-11-27-20/h4-13,23H,1-3H3,(H,22,24). The highest BCUT2D eigenvalue weighted by Crippen LogP contribution is 2.24. The van der Waals surface area contributed by atoms with Crippen LogP contribution in [0.5, 0.6) is 0 Å². The molecule has 0 spiro atoms. The molecule has 0 unspecified atom stereocenters. The van der Waals surface area contributed by atoms with Gasteiger partial charge in [-0.05, 0) is 68.8 Å². The monoisotopic (exact) mass is 399 g/mol. The molecule has 1 aromatic heterocycles. The van der Waals surface area contributed by atoms with Crippen LogP contribution in [0.25, 0.3) is 11.5 Å². The summed E-state index contributed by atoms with van der Waals surface area (Å²) in [7, 11) is -3.42. The minimum atomic E-state index is -3.42. The zero-order valence-corrected chi connectivity index (χ0v) is 16.6. The van der Waals surface area contributed by atoms with Gasteiger partial charge < -0.3 is 9.73 Å². The molecule has 3 aromatic rings. The van der Waals surface area contributed by atoms with Gasteiger partial charge in [0, 0.05) is 22.5 Å². The summed E-state index contributed by atoms with van der Waals surface area (Å²) in [5, 5.41) is 2.31. The van der Waals surface area contributed by atoms with E-state index in [1.165, 1.54) is 6.26 Å². The largest absolute Gasteiger partial charge is 0.445 e. The number of carbonyl (C=O) groups excluding carboxylic acids is 1. The molecule has 0 radical (unpaired) electrons. The van der Waals surface area contributed by atoms with Crippen molar-refractivity contribution in [1.29, 1.82) is 0 Å². The van der Waals surface area contributed by atoms with Crippen molar-refractivity contribution in [2.45, 2.75) is 26.0 Å². The van der Waals surface area contributed by atoms with E-state index < -0.39 is 15.3 Å². The summed E-state index contributed by atoms with van der Waals surface area (Å²) in [5.41, 5.74) is 3.19. The molecule has 28 heavy (non-hydrogen) atoms. The van der Waals surface area contributed by atoms with E-state index in [0.29, 0.717) is 22.8 Å². The third kappa shape index (κ3) is 4.40. The highest BCUT2D eigenvalue weighted by atomic mass is 32.2. The topological polar surface area (TPSA) is 101 Å². The van der Waals surface area contributed by atoms with Crippen LogP contribution in [0.4, 0.5) is 11.4 Å². The highest BCUT2D eigenvalue weighted by molar-refractivity contribution is 7.93. The van der Waals surface area contributed by atoms with Gasteiger partial charge in [-0.3, -0.25) is 9.52 Å². The van der Waals surface area contributed by atoms with Crippen molar-refractivity contribution in [2.24, 2.45) is 0 Å². The molecule has 1 amide bonds. The predicted molar refractivity (Wildman–Crippen MR) is 109 cm³/mol. The quantitative estimate of drug-likeness (QED) is 0.651. The lowest BCUT2D eigenvalue weighted by Crippen LogP contribution is -2.22. The lowest BCUT2D eigenvalue weighted by Gasteiger charge is -2.12. The average Bonchev–Trinajstić information content (AvgIpc) is 3.18. The van der Waals surface area contributed by atoms with Gasteiger partial charge in [0.2, 0.25) is 15.9 Å². The second-order valence-corrected chi connectivity index (χ2v) is 8.83. The maximum Gasteiger partial charge on any atom is 0.255 e. The Balaban J connectivity index is 1.71. The Hall–Kier alpha value is -3.13. The summed E-state index contributed by atoms with van der Waals surface area (Å²) in [5.74, 6) is 0.227. The number of oxazole rings is 1. The van der Waals surface area contributed by atoms with E-state index in [-0.39, 0.29) is 5.91 Å². The van der Waals surface area contributed by atoms with E-state index in [1.54, 1.807) is 50.4 Å². The molecular formula is C20H21N3O4S. The Kier molecular flexibility index (Phi) is 5.51. The minimum absolute atomic E-state index is 0.287. The average molecular weight is 399 g/mol. The van der Waals surface area contributed by atoms with E-state index in [2.05, 4.69) is 15.0 Å². The summed E-state index contributed by atoms with van der Waals surface area (Å²) in [6, 6.07) is 11.8. The number of hydrogen-bond donors (Lipinski definition) is 2. The van der Waals surface area contributed by atoms with Crippen LogP contribution in [-0.2, 0) is 10.0 Å². The molecular weight excluding hydrogens is 378 g/mol. The van der Waals surface area contributed by atoms with Crippen molar-refractivity contribution < 1.29 is 17.6 Å². The van der Waals surface area contributed by atoms with E-state index >= 15 is 0 Å². The summed E-state index contributed by atoms with van der Waals surface area (Å²) < 4.78 is 31.6. The Morgan fingerprint density at radius 1 is 1.11 bits per heavy atom. The number of anilines is 2. The second kappa shape index (κ2) is 7.85. The van der Waals surface area contributed by atoms with Crippen LogP contribution < -0.4 is 10.0 Å². The maximum atomic E-state index is 12.5. The number of amides is 1. The molecule has 0 bridgehead atoms. The zero-order valence-electron chi connectivity index (χ0n) is 15.8. The smallest absolute Gasteiger partial charge is 0.255 e. The molecule has 1 heterocycles. The van der Waals surface area contributed by atoms with E-state index in [4.69, 9.17) is 4.42 Å². The lowest BCUT2D eigenvalue weighted by atomic mass is 10.1. The molecule has 0 aliphatic rings. The first-order chi connectivity index (χ1) is 13.3. The van der Waals surface area contributed by atoms with Gasteiger partial charge in [-0.15, -0.1) is 0 Å². The minimum Gasteiger partial charge on any atom is -0.445 e. The Labute approximate surface area is 163 Å². The number of hydrogen-bond acceptors (Lipinski definition) is 5. The van der Waals surface area contributed by atoms with E-state index in [0.717, 1.165) is 11.1 Å². The first-order valence-electron chi connectivity index (χ1n) is 8.70. The summed E-state index contributed by atoms with van der Waals surface area (Å²) in [4.78, 5) is 16.6. The molecule has 0 atom stereocenters. The van der Waals surface area contributed by atoms with E-state index in [1.807, 2.05) is 19.1 Å². The molecule has 0 saturated carbocycles.